The second kappa shape index (κ2) is 16.9. The lowest BCUT2D eigenvalue weighted by molar-refractivity contribution is -0.398. The summed E-state index contributed by atoms with van der Waals surface area (Å²) in [6, 6.07) is 6.56. The fourth-order valence-electron chi connectivity index (χ4n) is 5.12. The SMILES string of the molecule is CC(C)(C)OC(=O)CC[C@H](NC(=O)c1ccc(CN(CCCc2c(N)nc(N)[nH]c2=O)c2ccc([N+](=O)[O-])c(F)c2[N+](=O)[O-])cc1)C(=O)OC(C)(C)C. The lowest BCUT2D eigenvalue weighted by atomic mass is 10.1. The third-order valence-electron chi connectivity index (χ3n) is 7.36. The van der Waals surface area contributed by atoms with Gasteiger partial charge in [-0.1, -0.05) is 12.1 Å². The zero-order chi connectivity index (χ0) is 39.8. The molecule has 1 heterocycles. The Kier molecular flexibility index (Phi) is 13.2. The van der Waals surface area contributed by atoms with Crippen LogP contribution in [0.4, 0.5) is 33.2 Å². The second-order valence-corrected chi connectivity index (χ2v) is 14.0. The number of nitrogens with two attached hydrogens (primary N) is 2. The molecule has 0 radical (unpaired) electrons. The molecule has 1 atom stereocenters. The Labute approximate surface area is 303 Å². The molecule has 3 rings (SSSR count). The quantitative estimate of drug-likeness (QED) is 0.0970. The van der Waals surface area contributed by atoms with Crippen LogP contribution in [0.15, 0.2) is 41.2 Å². The van der Waals surface area contributed by atoms with E-state index < -0.39 is 67.7 Å². The second-order valence-electron chi connectivity index (χ2n) is 14.0. The van der Waals surface area contributed by atoms with Crippen molar-refractivity contribution in [1.82, 2.24) is 15.3 Å². The number of anilines is 3. The number of nitrogens with zero attached hydrogens (tertiary/aromatic N) is 4. The van der Waals surface area contributed by atoms with Crippen LogP contribution in [0.5, 0.6) is 0 Å². The van der Waals surface area contributed by atoms with E-state index in [2.05, 4.69) is 15.3 Å². The summed E-state index contributed by atoms with van der Waals surface area (Å²) in [6.07, 6.45) is -0.0942. The maximum atomic E-state index is 15.1. The number of esters is 2. The Morgan fingerprint density at radius 3 is 2.15 bits per heavy atom. The zero-order valence-electron chi connectivity index (χ0n) is 30.2. The summed E-state index contributed by atoms with van der Waals surface area (Å²) in [7, 11) is 0. The standard InChI is InChI=1S/C34H43FN8O10/c1-33(2,3)52-25(44)16-13-22(31(47)53-34(4,5)6)38-29(45)20-11-9-19(10-12-20)18-41(17-7-8-21-28(36)39-32(37)40-30(21)46)24-15-14-23(42(48)49)26(35)27(24)43(50)51/h9-12,14-15,22H,7-8,13,16-18H2,1-6H3,(H,38,45)(H5,36,37,39,40,46)/t22-/m0/s1. The lowest BCUT2D eigenvalue weighted by Gasteiger charge is -2.25. The number of carbonyl (C=O) groups excluding carboxylic acids is 3. The fraction of sp³-hybridized carbons (Fsp3) is 0.441. The van der Waals surface area contributed by atoms with Gasteiger partial charge in [0.1, 0.15) is 28.7 Å². The molecule has 0 aliphatic rings. The molecule has 0 spiro atoms. The van der Waals surface area contributed by atoms with E-state index in [0.29, 0.717) is 5.56 Å². The molecule has 0 bridgehead atoms. The van der Waals surface area contributed by atoms with Crippen LogP contribution in [0, 0.1) is 26.0 Å². The van der Waals surface area contributed by atoms with Crippen molar-refractivity contribution in [2.75, 3.05) is 22.9 Å². The lowest BCUT2D eigenvalue weighted by Crippen LogP contribution is -2.44. The van der Waals surface area contributed by atoms with E-state index in [1.807, 2.05) is 0 Å². The molecule has 0 aliphatic heterocycles. The average Bonchev–Trinajstić information content (AvgIpc) is 3.01. The summed E-state index contributed by atoms with van der Waals surface area (Å²) < 4.78 is 25.9. The number of rotatable bonds is 15. The molecular weight excluding hydrogens is 699 g/mol. The minimum Gasteiger partial charge on any atom is -0.460 e. The summed E-state index contributed by atoms with van der Waals surface area (Å²) in [6.45, 7) is 9.93. The zero-order valence-corrected chi connectivity index (χ0v) is 30.2. The van der Waals surface area contributed by atoms with Crippen LogP contribution >= 0.6 is 0 Å². The van der Waals surface area contributed by atoms with E-state index in [1.54, 1.807) is 41.5 Å². The van der Waals surface area contributed by atoms with Crippen molar-refractivity contribution in [2.45, 2.75) is 91.0 Å². The van der Waals surface area contributed by atoms with Crippen molar-refractivity contribution in [3.8, 4) is 0 Å². The van der Waals surface area contributed by atoms with E-state index in [1.165, 1.54) is 29.2 Å². The number of nitrogen functional groups attached to an aromatic ring is 2. The number of nitro groups is 2. The highest BCUT2D eigenvalue weighted by Gasteiger charge is 2.33. The maximum Gasteiger partial charge on any atom is 0.335 e. The molecule has 0 aliphatic carbocycles. The number of nitro benzene ring substituents is 2. The number of nitrogens with one attached hydrogen (secondary N) is 2. The highest BCUT2D eigenvalue weighted by molar-refractivity contribution is 5.97. The molecule has 1 amide bonds. The number of ether oxygens (including phenoxy) is 2. The first-order valence-electron chi connectivity index (χ1n) is 16.4. The first kappa shape index (κ1) is 41.3. The summed E-state index contributed by atoms with van der Waals surface area (Å²) >= 11 is 0. The van der Waals surface area contributed by atoms with Crippen LogP contribution in [-0.2, 0) is 32.0 Å². The number of aromatic amines is 1. The molecule has 18 nitrogen and oxygen atoms in total. The molecule has 2 aromatic carbocycles. The van der Waals surface area contributed by atoms with E-state index in [9.17, 15) is 39.4 Å². The van der Waals surface area contributed by atoms with Gasteiger partial charge >= 0.3 is 23.3 Å². The van der Waals surface area contributed by atoms with Crippen molar-refractivity contribution < 1.29 is 38.1 Å². The molecule has 3 aromatic rings. The summed E-state index contributed by atoms with van der Waals surface area (Å²) in [5, 5.41) is 25.9. The number of hydrogen-bond donors (Lipinski definition) is 4. The number of amides is 1. The van der Waals surface area contributed by atoms with Gasteiger partial charge in [0.2, 0.25) is 5.95 Å². The molecular formula is C34H43FN8O10. The van der Waals surface area contributed by atoms with Crippen molar-refractivity contribution in [3.63, 3.8) is 0 Å². The number of halogens is 1. The van der Waals surface area contributed by atoms with Crippen LogP contribution in [0.1, 0.15) is 82.3 Å². The number of benzene rings is 2. The number of aromatic nitrogens is 2. The van der Waals surface area contributed by atoms with Crippen molar-refractivity contribution in [3.05, 3.63) is 89.5 Å². The molecule has 0 unspecified atom stereocenters. The largest absolute Gasteiger partial charge is 0.460 e. The van der Waals surface area contributed by atoms with Crippen LogP contribution in [-0.4, -0.2) is 61.4 Å². The third-order valence-corrected chi connectivity index (χ3v) is 7.36. The highest BCUT2D eigenvalue weighted by Crippen LogP contribution is 2.37. The molecule has 0 fully saturated rings. The predicted octanol–water partition coefficient (Wildman–Crippen LogP) is 4.09. The van der Waals surface area contributed by atoms with E-state index >= 15 is 4.39 Å². The van der Waals surface area contributed by atoms with Gasteiger partial charge in [0.05, 0.1) is 15.4 Å². The number of H-pyrrole nitrogens is 1. The van der Waals surface area contributed by atoms with Gasteiger partial charge in [-0.25, -0.2) is 4.79 Å². The Morgan fingerprint density at radius 2 is 1.60 bits per heavy atom. The molecule has 0 saturated heterocycles. The molecule has 0 saturated carbocycles. The van der Waals surface area contributed by atoms with Crippen molar-refractivity contribution >= 4 is 46.7 Å². The Balaban J connectivity index is 1.89. The molecule has 1 aromatic heterocycles. The van der Waals surface area contributed by atoms with Crippen LogP contribution in [0.25, 0.3) is 0 Å². The highest BCUT2D eigenvalue weighted by atomic mass is 19.1. The van der Waals surface area contributed by atoms with E-state index in [4.69, 9.17) is 20.9 Å². The Hall–Kier alpha value is -6.14. The molecule has 286 valence electrons. The first-order valence-corrected chi connectivity index (χ1v) is 16.4. The number of hydrogen-bond acceptors (Lipinski definition) is 14. The van der Waals surface area contributed by atoms with Gasteiger partial charge in [-0.3, -0.25) is 39.6 Å². The number of carbonyl (C=O) groups is 3. The van der Waals surface area contributed by atoms with Gasteiger partial charge in [-0.05, 0) is 84.6 Å². The van der Waals surface area contributed by atoms with Crippen LogP contribution < -0.4 is 27.2 Å². The maximum absolute atomic E-state index is 15.1. The van der Waals surface area contributed by atoms with Crippen LogP contribution in [0.2, 0.25) is 0 Å². The monoisotopic (exact) mass is 742 g/mol. The first-order chi connectivity index (χ1) is 24.6. The van der Waals surface area contributed by atoms with E-state index in [0.717, 1.165) is 12.1 Å². The van der Waals surface area contributed by atoms with Crippen molar-refractivity contribution in [1.29, 1.82) is 0 Å². The van der Waals surface area contributed by atoms with Gasteiger partial charge in [-0.15, -0.1) is 0 Å². The average molecular weight is 743 g/mol. The molecule has 6 N–H and O–H groups in total. The summed E-state index contributed by atoms with van der Waals surface area (Å²) in [5.41, 5.74) is 7.39. The third kappa shape index (κ3) is 12.0. The summed E-state index contributed by atoms with van der Waals surface area (Å²) in [4.78, 5) is 79.8. The Morgan fingerprint density at radius 1 is 0.981 bits per heavy atom. The molecule has 19 heteroatoms. The molecule has 53 heavy (non-hydrogen) atoms. The van der Waals surface area contributed by atoms with Gasteiger partial charge < -0.3 is 31.2 Å². The minimum absolute atomic E-state index is 0.0290. The van der Waals surface area contributed by atoms with Gasteiger partial charge in [0.15, 0.2) is 0 Å². The Bertz CT molecular complexity index is 1920. The van der Waals surface area contributed by atoms with Gasteiger partial charge in [0.25, 0.3) is 17.3 Å². The van der Waals surface area contributed by atoms with Crippen LogP contribution in [0.3, 0.4) is 0 Å². The predicted molar refractivity (Wildman–Crippen MR) is 191 cm³/mol. The van der Waals surface area contributed by atoms with Gasteiger partial charge in [0, 0.05) is 31.1 Å². The van der Waals surface area contributed by atoms with E-state index in [-0.39, 0.29) is 67.4 Å². The van der Waals surface area contributed by atoms with Gasteiger partial charge in [-0.2, -0.15) is 9.37 Å². The van der Waals surface area contributed by atoms with Crippen molar-refractivity contribution in [2.24, 2.45) is 0 Å². The summed E-state index contributed by atoms with van der Waals surface area (Å²) in [5.74, 6) is -3.92. The fourth-order valence-corrected chi connectivity index (χ4v) is 5.12. The normalized spacial score (nSPS) is 12.1. The minimum atomic E-state index is -1.64. The topological polar surface area (TPSA) is 269 Å². The smallest absolute Gasteiger partial charge is 0.335 e.